The van der Waals surface area contributed by atoms with Gasteiger partial charge in [-0.25, -0.2) is 4.79 Å². The summed E-state index contributed by atoms with van der Waals surface area (Å²) in [5, 5.41) is 10.7. The third-order valence-corrected chi connectivity index (χ3v) is 3.49. The number of urea groups is 1. The van der Waals surface area contributed by atoms with Gasteiger partial charge in [0.2, 0.25) is 5.91 Å². The average Bonchev–Trinajstić information content (AvgIpc) is 2.14. The molecule has 0 saturated heterocycles. The standard InChI is InChI=1S/C9H17N3O4S/c1-9(2,6(10)7(14)15)17-4-3-5(13)12-8(11)16/h6H,3-4,10H2,1-2H3,(H,14,15)(H3,11,12,13,16)/t6-/m1/s1. The molecule has 0 radical (unpaired) electrons. The molecule has 0 aliphatic heterocycles. The first-order valence-corrected chi connectivity index (χ1v) is 5.87. The van der Waals surface area contributed by atoms with Crippen LogP contribution in [0.2, 0.25) is 0 Å². The zero-order valence-electron chi connectivity index (χ0n) is 9.73. The summed E-state index contributed by atoms with van der Waals surface area (Å²) < 4.78 is -0.696. The second kappa shape index (κ2) is 6.45. The minimum Gasteiger partial charge on any atom is -0.480 e. The molecule has 0 aromatic heterocycles. The number of nitrogens with two attached hydrogens (primary N) is 2. The van der Waals surface area contributed by atoms with Crippen LogP contribution in [0.15, 0.2) is 0 Å². The Morgan fingerprint density at radius 3 is 2.35 bits per heavy atom. The van der Waals surface area contributed by atoms with E-state index in [0.29, 0.717) is 5.75 Å². The van der Waals surface area contributed by atoms with Crippen molar-refractivity contribution in [3.05, 3.63) is 0 Å². The third kappa shape index (κ3) is 6.12. The van der Waals surface area contributed by atoms with E-state index < -0.39 is 28.7 Å². The Kier molecular flexibility index (Phi) is 5.97. The Morgan fingerprint density at radius 2 is 1.94 bits per heavy atom. The molecule has 7 nitrogen and oxygen atoms in total. The van der Waals surface area contributed by atoms with Crippen molar-refractivity contribution in [2.45, 2.75) is 31.1 Å². The Bertz CT molecular complexity index is 319. The number of rotatable bonds is 6. The van der Waals surface area contributed by atoms with E-state index in [1.165, 1.54) is 11.8 Å². The van der Waals surface area contributed by atoms with Gasteiger partial charge >= 0.3 is 12.0 Å². The Morgan fingerprint density at radius 1 is 1.41 bits per heavy atom. The molecule has 0 spiro atoms. The lowest BCUT2D eigenvalue weighted by Crippen LogP contribution is -2.47. The van der Waals surface area contributed by atoms with E-state index in [1.54, 1.807) is 13.8 Å². The highest BCUT2D eigenvalue weighted by Crippen LogP contribution is 2.27. The van der Waals surface area contributed by atoms with E-state index in [9.17, 15) is 14.4 Å². The summed E-state index contributed by atoms with van der Waals surface area (Å²) in [5.41, 5.74) is 10.3. The molecule has 0 aliphatic carbocycles. The number of carbonyl (C=O) groups excluding carboxylic acids is 2. The van der Waals surface area contributed by atoms with Gasteiger partial charge in [0.05, 0.1) is 0 Å². The number of hydrogen-bond donors (Lipinski definition) is 4. The monoisotopic (exact) mass is 263 g/mol. The molecule has 3 amide bonds. The molecule has 0 fully saturated rings. The quantitative estimate of drug-likeness (QED) is 0.510. The van der Waals surface area contributed by atoms with Gasteiger partial charge in [0.1, 0.15) is 6.04 Å². The smallest absolute Gasteiger partial charge is 0.321 e. The summed E-state index contributed by atoms with van der Waals surface area (Å²) in [6.07, 6.45) is 0.0728. The van der Waals surface area contributed by atoms with Gasteiger partial charge in [-0.3, -0.25) is 14.9 Å². The molecular formula is C9H17N3O4S. The van der Waals surface area contributed by atoms with Crippen LogP contribution in [0.1, 0.15) is 20.3 Å². The zero-order chi connectivity index (χ0) is 13.6. The molecule has 8 heteroatoms. The van der Waals surface area contributed by atoms with Crippen LogP contribution in [-0.2, 0) is 9.59 Å². The number of aliphatic carboxylic acids is 1. The van der Waals surface area contributed by atoms with E-state index >= 15 is 0 Å². The van der Waals surface area contributed by atoms with Crippen LogP contribution >= 0.6 is 11.8 Å². The molecule has 0 aromatic rings. The van der Waals surface area contributed by atoms with Gasteiger partial charge in [-0.05, 0) is 13.8 Å². The van der Waals surface area contributed by atoms with Gasteiger partial charge < -0.3 is 16.6 Å². The molecule has 6 N–H and O–H groups in total. The van der Waals surface area contributed by atoms with Gasteiger partial charge in [-0.1, -0.05) is 0 Å². The SMILES string of the molecule is CC(C)(SCCC(=O)NC(N)=O)[C@H](N)C(=O)O. The normalized spacial score (nSPS) is 12.9. The third-order valence-electron chi connectivity index (χ3n) is 2.08. The molecule has 0 unspecified atom stereocenters. The topological polar surface area (TPSA) is 136 Å². The summed E-state index contributed by atoms with van der Waals surface area (Å²) in [4.78, 5) is 32.1. The van der Waals surface area contributed by atoms with E-state index in [1.807, 2.05) is 5.32 Å². The number of imide groups is 1. The minimum atomic E-state index is -1.09. The Hall–Kier alpha value is -1.28. The number of nitrogens with one attached hydrogen (secondary N) is 1. The largest absolute Gasteiger partial charge is 0.480 e. The first-order chi connectivity index (χ1) is 7.66. The van der Waals surface area contributed by atoms with Crippen LogP contribution in [0.5, 0.6) is 0 Å². The van der Waals surface area contributed by atoms with Crippen molar-refractivity contribution in [2.24, 2.45) is 11.5 Å². The van der Waals surface area contributed by atoms with Crippen LogP contribution in [0.4, 0.5) is 4.79 Å². The van der Waals surface area contributed by atoms with Gasteiger partial charge in [-0.15, -0.1) is 0 Å². The van der Waals surface area contributed by atoms with Crippen molar-refractivity contribution in [3.63, 3.8) is 0 Å². The predicted molar refractivity (Wildman–Crippen MR) is 64.5 cm³/mol. The van der Waals surface area contributed by atoms with Crippen molar-refractivity contribution in [3.8, 4) is 0 Å². The highest BCUT2D eigenvalue weighted by Gasteiger charge is 2.32. The number of carbonyl (C=O) groups is 3. The summed E-state index contributed by atoms with van der Waals surface area (Å²) in [6, 6.07) is -1.92. The van der Waals surface area contributed by atoms with Crippen molar-refractivity contribution < 1.29 is 19.5 Å². The lowest BCUT2D eigenvalue weighted by atomic mass is 10.1. The fourth-order valence-electron chi connectivity index (χ4n) is 0.994. The number of primary amides is 1. The van der Waals surface area contributed by atoms with Crippen molar-refractivity contribution in [1.29, 1.82) is 0 Å². The van der Waals surface area contributed by atoms with E-state index in [-0.39, 0.29) is 6.42 Å². The van der Waals surface area contributed by atoms with Crippen molar-refractivity contribution in [2.75, 3.05) is 5.75 Å². The van der Waals surface area contributed by atoms with E-state index in [0.717, 1.165) is 0 Å². The van der Waals surface area contributed by atoms with Gasteiger partial charge in [-0.2, -0.15) is 11.8 Å². The number of amides is 3. The molecule has 0 aliphatic rings. The zero-order valence-corrected chi connectivity index (χ0v) is 10.5. The minimum absolute atomic E-state index is 0.0728. The molecule has 0 heterocycles. The van der Waals surface area contributed by atoms with Gasteiger partial charge in [0.15, 0.2) is 0 Å². The Labute approximate surface area is 103 Å². The summed E-state index contributed by atoms with van der Waals surface area (Å²) in [6.45, 7) is 3.37. The average molecular weight is 263 g/mol. The van der Waals surface area contributed by atoms with E-state index in [2.05, 4.69) is 0 Å². The van der Waals surface area contributed by atoms with Crippen LogP contribution in [0, 0.1) is 0 Å². The molecule has 0 rings (SSSR count). The second-order valence-electron chi connectivity index (χ2n) is 3.93. The summed E-state index contributed by atoms with van der Waals surface area (Å²) in [7, 11) is 0. The second-order valence-corrected chi connectivity index (χ2v) is 5.68. The molecule has 17 heavy (non-hydrogen) atoms. The molecule has 98 valence electrons. The predicted octanol–water partition coefficient (Wildman–Crippen LogP) is -0.505. The number of thioether (sulfide) groups is 1. The maximum atomic E-state index is 11.1. The first-order valence-electron chi connectivity index (χ1n) is 4.88. The lowest BCUT2D eigenvalue weighted by molar-refractivity contribution is -0.139. The number of carboxylic acids is 1. The highest BCUT2D eigenvalue weighted by atomic mass is 32.2. The van der Waals surface area contributed by atoms with Crippen LogP contribution in [0.3, 0.4) is 0 Å². The highest BCUT2D eigenvalue weighted by molar-refractivity contribution is 8.00. The van der Waals surface area contributed by atoms with Gasteiger partial charge in [0, 0.05) is 16.9 Å². The lowest BCUT2D eigenvalue weighted by Gasteiger charge is -2.27. The first kappa shape index (κ1) is 15.7. The summed E-state index contributed by atoms with van der Waals surface area (Å²) >= 11 is 1.25. The summed E-state index contributed by atoms with van der Waals surface area (Å²) in [5.74, 6) is -1.23. The molecule has 0 saturated carbocycles. The van der Waals surface area contributed by atoms with Crippen LogP contribution in [-0.4, -0.2) is 39.6 Å². The maximum absolute atomic E-state index is 11.1. The van der Waals surface area contributed by atoms with E-state index in [4.69, 9.17) is 16.6 Å². The van der Waals surface area contributed by atoms with Crippen LogP contribution in [0.25, 0.3) is 0 Å². The fraction of sp³-hybridized carbons (Fsp3) is 0.667. The van der Waals surface area contributed by atoms with Crippen molar-refractivity contribution >= 4 is 29.7 Å². The number of hydrogen-bond acceptors (Lipinski definition) is 5. The fourth-order valence-corrected chi connectivity index (χ4v) is 2.09. The molecule has 0 bridgehead atoms. The Balaban J connectivity index is 4.07. The molecule has 0 aromatic carbocycles. The maximum Gasteiger partial charge on any atom is 0.321 e. The van der Waals surface area contributed by atoms with Crippen LogP contribution < -0.4 is 16.8 Å². The molecule has 1 atom stereocenters. The number of carboxylic acid groups (broad SMARTS) is 1. The molecular weight excluding hydrogens is 246 g/mol. The van der Waals surface area contributed by atoms with Crippen molar-refractivity contribution in [1.82, 2.24) is 5.32 Å². The van der Waals surface area contributed by atoms with Gasteiger partial charge in [0.25, 0.3) is 0 Å².